The highest BCUT2D eigenvalue weighted by atomic mass is 31.2. The van der Waals surface area contributed by atoms with E-state index in [1.807, 2.05) is 0 Å². The van der Waals surface area contributed by atoms with E-state index in [1.54, 1.807) is 12.1 Å². The van der Waals surface area contributed by atoms with Gasteiger partial charge >= 0.3 is 7.75 Å². The molecule has 0 radical (unpaired) electrons. The second-order valence-corrected chi connectivity index (χ2v) is 2.50. The molecular weight excluding hydrogens is 131 g/mol. The summed E-state index contributed by atoms with van der Waals surface area (Å²) in [4.78, 5) is 16.2. The van der Waals surface area contributed by atoms with E-state index in [0.717, 1.165) is 0 Å². The highest BCUT2D eigenvalue weighted by Gasteiger charge is 2.08. The lowest BCUT2D eigenvalue weighted by Crippen LogP contribution is -2.27. The lowest BCUT2D eigenvalue weighted by atomic mass is 10.8. The first kappa shape index (κ1) is 8.07. The fraction of sp³-hybridized carbons (Fsp3) is 1.00. The average molecular weight is 140 g/mol. The molecule has 0 fully saturated rings. The Morgan fingerprint density at radius 2 is 2.12 bits per heavy atom. The zero-order chi connectivity index (χ0) is 6.62. The molecule has 0 amide bonds. The number of hydrogen-bond acceptors (Lipinski definition) is 2. The van der Waals surface area contributed by atoms with Crippen molar-refractivity contribution in [3.05, 3.63) is 0 Å². The van der Waals surface area contributed by atoms with Gasteiger partial charge in [-0.1, -0.05) is 6.92 Å². The summed E-state index contributed by atoms with van der Waals surface area (Å²) in [5.74, 6) is 0. The van der Waals surface area contributed by atoms with E-state index >= 15 is 0 Å². The summed E-state index contributed by atoms with van der Waals surface area (Å²) in [5.41, 5.74) is 2.28. The molecule has 0 rings (SSSR count). The largest absolute Gasteiger partial charge is 0.413 e. The zero-order valence-corrected chi connectivity index (χ0v) is 5.35. The van der Waals surface area contributed by atoms with Crippen molar-refractivity contribution in [2.45, 2.75) is 6.92 Å². The molecule has 0 saturated heterocycles. The van der Waals surface area contributed by atoms with Gasteiger partial charge in [-0.05, 0) is 0 Å². The molecular formula is C2H9N2O3P. The van der Waals surface area contributed by atoms with Crippen molar-refractivity contribution in [1.82, 2.24) is 10.6 Å². The van der Waals surface area contributed by atoms with Crippen molar-refractivity contribution in [3.63, 3.8) is 0 Å². The highest BCUT2D eigenvalue weighted by Crippen LogP contribution is 2.25. The minimum Gasteiger partial charge on any atom is -0.312 e. The van der Waals surface area contributed by atoms with E-state index in [2.05, 4.69) is 5.43 Å². The van der Waals surface area contributed by atoms with Crippen LogP contribution in [0.2, 0.25) is 0 Å². The van der Waals surface area contributed by atoms with Gasteiger partial charge in [-0.25, -0.2) is 9.99 Å². The fourth-order valence-electron chi connectivity index (χ4n) is 0.182. The van der Waals surface area contributed by atoms with E-state index in [0.29, 0.717) is 6.54 Å². The van der Waals surface area contributed by atoms with Gasteiger partial charge in [0.05, 0.1) is 0 Å². The summed E-state index contributed by atoms with van der Waals surface area (Å²) >= 11 is 0. The van der Waals surface area contributed by atoms with Crippen LogP contribution >= 0.6 is 7.75 Å². The molecule has 0 heterocycles. The topological polar surface area (TPSA) is 81.6 Å². The molecule has 0 spiro atoms. The molecule has 0 aromatic carbocycles. The summed E-state index contributed by atoms with van der Waals surface area (Å²) in [5, 5.41) is 1.79. The maximum Gasteiger partial charge on any atom is 0.413 e. The minimum atomic E-state index is -4.04. The van der Waals surface area contributed by atoms with Crippen molar-refractivity contribution in [2.24, 2.45) is 0 Å². The summed E-state index contributed by atoms with van der Waals surface area (Å²) in [6.45, 7) is 2.20. The lowest BCUT2D eigenvalue weighted by molar-refractivity contribution is 0.347. The van der Waals surface area contributed by atoms with Gasteiger partial charge in [0.15, 0.2) is 0 Å². The zero-order valence-electron chi connectivity index (χ0n) is 4.46. The third-order valence-electron chi connectivity index (χ3n) is 0.401. The standard InChI is InChI=1S/C2H9N2O3P/c1-2-3-4-8(5,6)7/h3H,2H2,1H3,(H3,4,5,6,7). The predicted octanol–water partition coefficient (Wildman–Crippen LogP) is -0.807. The van der Waals surface area contributed by atoms with E-state index in [-0.39, 0.29) is 0 Å². The number of nitrogens with one attached hydrogen (secondary N) is 2. The van der Waals surface area contributed by atoms with Crippen LogP contribution in [0.15, 0.2) is 0 Å². The van der Waals surface area contributed by atoms with Gasteiger partial charge in [-0.2, -0.15) is 5.20 Å². The molecule has 0 aromatic heterocycles. The highest BCUT2D eigenvalue weighted by molar-refractivity contribution is 7.49. The Bertz CT molecular complexity index is 99.5. The SMILES string of the molecule is CCNNP(=O)(O)O. The van der Waals surface area contributed by atoms with Crippen LogP contribution in [-0.4, -0.2) is 16.3 Å². The first-order valence-corrected chi connectivity index (χ1v) is 3.73. The number of hydrazine groups is 1. The van der Waals surface area contributed by atoms with Crippen molar-refractivity contribution in [3.8, 4) is 0 Å². The first-order valence-electron chi connectivity index (χ1n) is 2.12. The number of hydrogen-bond donors (Lipinski definition) is 4. The van der Waals surface area contributed by atoms with Crippen LogP contribution in [-0.2, 0) is 4.57 Å². The molecule has 0 aromatic rings. The van der Waals surface area contributed by atoms with Gasteiger partial charge in [0.2, 0.25) is 0 Å². The van der Waals surface area contributed by atoms with E-state index in [9.17, 15) is 4.57 Å². The molecule has 8 heavy (non-hydrogen) atoms. The molecule has 0 aliphatic carbocycles. The molecule has 50 valence electrons. The molecule has 0 bridgehead atoms. The normalized spacial score (nSPS) is 11.9. The molecule has 6 heteroatoms. The Morgan fingerprint density at radius 1 is 1.62 bits per heavy atom. The fourth-order valence-corrected chi connectivity index (χ4v) is 0.546. The Labute approximate surface area is 47.3 Å². The number of rotatable bonds is 3. The Kier molecular flexibility index (Phi) is 3.19. The van der Waals surface area contributed by atoms with Gasteiger partial charge < -0.3 is 9.79 Å². The average Bonchev–Trinajstić information content (AvgIpc) is 1.59. The van der Waals surface area contributed by atoms with Crippen LogP contribution in [0, 0.1) is 0 Å². The maximum absolute atomic E-state index is 9.91. The third kappa shape index (κ3) is 6.07. The van der Waals surface area contributed by atoms with E-state index in [4.69, 9.17) is 9.79 Å². The molecule has 0 saturated carbocycles. The first-order chi connectivity index (χ1) is 3.56. The molecule has 4 N–H and O–H groups in total. The Hall–Kier alpha value is 0.0700. The van der Waals surface area contributed by atoms with E-state index < -0.39 is 7.75 Å². The maximum atomic E-state index is 9.91. The second-order valence-electron chi connectivity index (χ2n) is 1.19. The minimum absolute atomic E-state index is 0.477. The van der Waals surface area contributed by atoms with Crippen LogP contribution in [0.25, 0.3) is 0 Å². The molecule has 0 aliphatic rings. The summed E-state index contributed by atoms with van der Waals surface area (Å²) in [7, 11) is -4.04. The monoisotopic (exact) mass is 140 g/mol. The quantitative estimate of drug-likeness (QED) is 0.304. The van der Waals surface area contributed by atoms with Crippen LogP contribution in [0.1, 0.15) is 6.92 Å². The van der Waals surface area contributed by atoms with Gasteiger partial charge in [0, 0.05) is 6.54 Å². The molecule has 0 aliphatic heterocycles. The summed E-state index contributed by atoms with van der Waals surface area (Å²) in [6, 6.07) is 0. The van der Waals surface area contributed by atoms with Crippen LogP contribution in [0.5, 0.6) is 0 Å². The van der Waals surface area contributed by atoms with Crippen LogP contribution in [0.4, 0.5) is 0 Å². The Balaban J connectivity index is 3.26. The van der Waals surface area contributed by atoms with Gasteiger partial charge in [0.25, 0.3) is 0 Å². The molecule has 0 atom stereocenters. The van der Waals surface area contributed by atoms with Gasteiger partial charge in [0.1, 0.15) is 0 Å². The second kappa shape index (κ2) is 3.17. The molecule has 5 nitrogen and oxygen atoms in total. The molecule has 0 unspecified atom stereocenters. The summed E-state index contributed by atoms with van der Waals surface area (Å²) < 4.78 is 9.91. The van der Waals surface area contributed by atoms with E-state index in [1.165, 1.54) is 0 Å². The van der Waals surface area contributed by atoms with Crippen molar-refractivity contribution < 1.29 is 14.4 Å². The van der Waals surface area contributed by atoms with Crippen molar-refractivity contribution in [1.29, 1.82) is 0 Å². The van der Waals surface area contributed by atoms with Crippen LogP contribution in [0.3, 0.4) is 0 Å². The summed E-state index contributed by atoms with van der Waals surface area (Å²) in [6.07, 6.45) is 0. The van der Waals surface area contributed by atoms with Crippen LogP contribution < -0.4 is 10.6 Å². The van der Waals surface area contributed by atoms with Crippen molar-refractivity contribution in [2.75, 3.05) is 6.54 Å². The van der Waals surface area contributed by atoms with Gasteiger partial charge in [-0.15, -0.1) is 0 Å². The van der Waals surface area contributed by atoms with Crippen molar-refractivity contribution >= 4 is 7.75 Å². The predicted molar refractivity (Wildman–Crippen MR) is 28.9 cm³/mol. The van der Waals surface area contributed by atoms with Gasteiger partial charge in [-0.3, -0.25) is 0 Å². The third-order valence-corrected chi connectivity index (χ3v) is 0.851. The Morgan fingerprint density at radius 3 is 2.25 bits per heavy atom. The lowest BCUT2D eigenvalue weighted by Gasteiger charge is -2.03. The smallest absolute Gasteiger partial charge is 0.312 e.